The summed E-state index contributed by atoms with van der Waals surface area (Å²) in [6, 6.07) is 8.57. The van der Waals surface area contributed by atoms with Crippen LogP contribution >= 0.6 is 0 Å². The van der Waals surface area contributed by atoms with E-state index in [1.54, 1.807) is 37.3 Å². The molecule has 1 aromatic heterocycles. The van der Waals surface area contributed by atoms with Gasteiger partial charge in [-0.1, -0.05) is 39.0 Å². The quantitative estimate of drug-likeness (QED) is 0.913. The number of H-pyrrole nitrogens is 1. The summed E-state index contributed by atoms with van der Waals surface area (Å²) in [5, 5.41) is 6.87. The van der Waals surface area contributed by atoms with Gasteiger partial charge in [0.1, 0.15) is 0 Å². The van der Waals surface area contributed by atoms with Crippen LogP contribution < -0.4 is 4.72 Å². The Labute approximate surface area is 119 Å². The van der Waals surface area contributed by atoms with E-state index in [-0.39, 0.29) is 10.3 Å². The molecule has 1 aromatic carbocycles. The number of nitrogens with zero attached hydrogens (tertiary/aromatic N) is 1. The van der Waals surface area contributed by atoms with Crippen molar-refractivity contribution < 1.29 is 8.42 Å². The van der Waals surface area contributed by atoms with Crippen LogP contribution in [0.1, 0.15) is 32.0 Å². The molecule has 0 fully saturated rings. The number of aryl methyl sites for hydroxylation is 1. The average molecular weight is 293 g/mol. The normalized spacial score (nSPS) is 12.4. The van der Waals surface area contributed by atoms with Gasteiger partial charge in [-0.05, 0) is 18.6 Å². The third-order valence-electron chi connectivity index (χ3n) is 3.01. The minimum Gasteiger partial charge on any atom is -0.280 e. The largest absolute Gasteiger partial charge is 0.280 e. The number of benzene rings is 1. The lowest BCUT2D eigenvalue weighted by atomic mass is 9.92. The molecule has 0 aliphatic carbocycles. The molecule has 0 bridgehead atoms. The molecule has 1 heterocycles. The smallest absolute Gasteiger partial charge is 0.263 e. The third-order valence-corrected chi connectivity index (χ3v) is 4.52. The van der Waals surface area contributed by atoms with E-state index < -0.39 is 10.0 Å². The highest BCUT2D eigenvalue weighted by atomic mass is 32.2. The molecule has 0 amide bonds. The van der Waals surface area contributed by atoms with Gasteiger partial charge >= 0.3 is 0 Å². The summed E-state index contributed by atoms with van der Waals surface area (Å²) in [5.41, 5.74) is 1.46. The van der Waals surface area contributed by atoms with Crippen LogP contribution in [0.5, 0.6) is 0 Å². The van der Waals surface area contributed by atoms with Crippen molar-refractivity contribution in [2.24, 2.45) is 0 Å². The zero-order chi connectivity index (χ0) is 15.0. The minimum absolute atomic E-state index is 0.112. The van der Waals surface area contributed by atoms with E-state index in [0.717, 1.165) is 5.69 Å². The van der Waals surface area contributed by atoms with Gasteiger partial charge in [0.15, 0.2) is 5.82 Å². The maximum atomic E-state index is 12.3. The van der Waals surface area contributed by atoms with Crippen LogP contribution in [0.3, 0.4) is 0 Å². The zero-order valence-electron chi connectivity index (χ0n) is 12.1. The van der Waals surface area contributed by atoms with Crippen LogP contribution in [0, 0.1) is 6.92 Å². The number of hydrogen-bond donors (Lipinski definition) is 2. The van der Waals surface area contributed by atoms with Crippen LogP contribution in [0.15, 0.2) is 35.2 Å². The van der Waals surface area contributed by atoms with Gasteiger partial charge in [0.2, 0.25) is 0 Å². The topological polar surface area (TPSA) is 74.8 Å². The Morgan fingerprint density at radius 2 is 1.85 bits per heavy atom. The van der Waals surface area contributed by atoms with E-state index in [0.29, 0.717) is 11.4 Å². The van der Waals surface area contributed by atoms with E-state index in [9.17, 15) is 8.42 Å². The molecule has 0 aliphatic rings. The Morgan fingerprint density at radius 3 is 2.40 bits per heavy atom. The Balaban J connectivity index is 2.30. The van der Waals surface area contributed by atoms with Crippen molar-refractivity contribution in [3.8, 4) is 0 Å². The molecule has 2 aromatic rings. The summed E-state index contributed by atoms with van der Waals surface area (Å²) in [5.74, 6) is 0.304. The molecule has 2 N–H and O–H groups in total. The lowest BCUT2D eigenvalue weighted by molar-refractivity contribution is 0.567. The number of sulfonamides is 1. The van der Waals surface area contributed by atoms with Crippen molar-refractivity contribution in [3.63, 3.8) is 0 Å². The molecule has 0 aliphatic heterocycles. The lowest BCUT2D eigenvalue weighted by Crippen LogP contribution is -2.14. The van der Waals surface area contributed by atoms with Gasteiger partial charge in [0.05, 0.1) is 4.90 Å². The predicted octanol–water partition coefficient (Wildman–Crippen LogP) is 2.82. The second-order valence-electron chi connectivity index (χ2n) is 5.79. The molecule has 0 atom stereocenters. The van der Waals surface area contributed by atoms with E-state index in [1.807, 2.05) is 20.8 Å². The van der Waals surface area contributed by atoms with Gasteiger partial charge in [0.25, 0.3) is 10.0 Å². The van der Waals surface area contributed by atoms with Crippen LogP contribution in [0.4, 0.5) is 5.82 Å². The first-order valence-corrected chi connectivity index (χ1v) is 7.83. The van der Waals surface area contributed by atoms with E-state index >= 15 is 0 Å². The minimum atomic E-state index is -3.61. The van der Waals surface area contributed by atoms with E-state index in [4.69, 9.17) is 0 Å². The number of hydrogen-bond acceptors (Lipinski definition) is 3. The molecular weight excluding hydrogens is 274 g/mol. The molecule has 20 heavy (non-hydrogen) atoms. The van der Waals surface area contributed by atoms with Gasteiger partial charge in [-0.25, -0.2) is 8.42 Å². The van der Waals surface area contributed by atoms with Gasteiger partial charge in [-0.3, -0.25) is 9.82 Å². The number of aromatic nitrogens is 2. The highest BCUT2D eigenvalue weighted by Crippen LogP contribution is 2.24. The summed E-state index contributed by atoms with van der Waals surface area (Å²) in [4.78, 5) is 0.264. The van der Waals surface area contributed by atoms with E-state index in [1.165, 1.54) is 0 Å². The maximum Gasteiger partial charge on any atom is 0.263 e. The average Bonchev–Trinajstić information content (AvgIpc) is 2.76. The van der Waals surface area contributed by atoms with Gasteiger partial charge < -0.3 is 0 Å². The highest BCUT2D eigenvalue weighted by Gasteiger charge is 2.20. The third kappa shape index (κ3) is 3.01. The molecule has 0 saturated heterocycles. The lowest BCUT2D eigenvalue weighted by Gasteiger charge is -2.14. The van der Waals surface area contributed by atoms with Gasteiger partial charge in [-0.2, -0.15) is 5.10 Å². The Hall–Kier alpha value is -1.82. The van der Waals surface area contributed by atoms with Crippen LogP contribution in [-0.4, -0.2) is 18.6 Å². The second kappa shape index (κ2) is 4.94. The van der Waals surface area contributed by atoms with Crippen molar-refractivity contribution in [1.82, 2.24) is 10.2 Å². The molecule has 0 saturated carbocycles. The molecular formula is C14H19N3O2S. The Bertz CT molecular complexity index is 712. The Morgan fingerprint density at radius 1 is 1.20 bits per heavy atom. The maximum absolute atomic E-state index is 12.3. The number of rotatable bonds is 3. The molecule has 2 rings (SSSR count). The Kier molecular flexibility index (Phi) is 3.60. The van der Waals surface area contributed by atoms with Crippen molar-refractivity contribution in [3.05, 3.63) is 41.6 Å². The summed E-state index contributed by atoms with van der Waals surface area (Å²) in [6.07, 6.45) is 0. The summed E-state index contributed by atoms with van der Waals surface area (Å²) in [7, 11) is -3.61. The standard InChI is InChI=1S/C14H19N3O2S/c1-10-7-5-6-8-11(10)20(18,19)17-13-9-12(15-16-13)14(2,3)4/h5-9H,1-4H3,(H2,15,16,17). The van der Waals surface area contributed by atoms with E-state index in [2.05, 4.69) is 14.9 Å². The number of aromatic amines is 1. The summed E-state index contributed by atoms with van der Waals surface area (Å²) < 4.78 is 27.1. The van der Waals surface area contributed by atoms with Crippen molar-refractivity contribution in [1.29, 1.82) is 0 Å². The molecule has 108 valence electrons. The summed E-state index contributed by atoms with van der Waals surface area (Å²) in [6.45, 7) is 7.85. The SMILES string of the molecule is Cc1ccccc1S(=O)(=O)Nc1cc(C(C)(C)C)[nH]n1. The van der Waals surface area contributed by atoms with Crippen LogP contribution in [-0.2, 0) is 15.4 Å². The molecule has 0 spiro atoms. The van der Waals surface area contributed by atoms with Crippen molar-refractivity contribution in [2.45, 2.75) is 38.0 Å². The first-order chi connectivity index (χ1) is 9.20. The van der Waals surface area contributed by atoms with Crippen molar-refractivity contribution >= 4 is 15.8 Å². The fourth-order valence-corrected chi connectivity index (χ4v) is 3.05. The molecule has 5 nitrogen and oxygen atoms in total. The predicted molar refractivity (Wildman–Crippen MR) is 79.3 cm³/mol. The second-order valence-corrected chi connectivity index (χ2v) is 7.44. The fraction of sp³-hybridized carbons (Fsp3) is 0.357. The van der Waals surface area contributed by atoms with Gasteiger partial charge in [0, 0.05) is 17.2 Å². The highest BCUT2D eigenvalue weighted by molar-refractivity contribution is 7.92. The summed E-state index contributed by atoms with van der Waals surface area (Å²) >= 11 is 0. The van der Waals surface area contributed by atoms with Crippen LogP contribution in [0.25, 0.3) is 0 Å². The van der Waals surface area contributed by atoms with Crippen LogP contribution in [0.2, 0.25) is 0 Å². The zero-order valence-corrected chi connectivity index (χ0v) is 12.9. The fourth-order valence-electron chi connectivity index (χ4n) is 1.81. The molecule has 6 heteroatoms. The first kappa shape index (κ1) is 14.6. The molecule has 0 radical (unpaired) electrons. The van der Waals surface area contributed by atoms with Crippen molar-refractivity contribution in [2.75, 3.05) is 4.72 Å². The first-order valence-electron chi connectivity index (χ1n) is 6.34. The number of anilines is 1. The molecule has 0 unspecified atom stereocenters. The monoisotopic (exact) mass is 293 g/mol. The number of nitrogens with one attached hydrogen (secondary N) is 2. The van der Waals surface area contributed by atoms with Gasteiger partial charge in [-0.15, -0.1) is 0 Å².